The Morgan fingerprint density at radius 3 is 1.92 bits per heavy atom. The molecule has 8 nitrogen and oxygen atoms in total. The standard InChI is InChI=1S/C41H43N3O5S/c1-4-32(3)42-41(46)39(28-33-17-8-5-9-18-33)43(29-34-19-15-14-16-31(34)2)40(45)30-44(50(47,48)38-22-12-7-13-23-38)35-24-26-37(27-25-35)49-36-20-10-6-11-21-36/h5-27,32,39H,4,28-30H2,1-3H3,(H,42,46). The van der Waals surface area contributed by atoms with Crippen LogP contribution in [0.4, 0.5) is 5.69 Å². The highest BCUT2D eigenvalue weighted by molar-refractivity contribution is 7.92. The fourth-order valence-corrected chi connectivity index (χ4v) is 6.95. The third-order valence-corrected chi connectivity index (χ3v) is 10.4. The van der Waals surface area contributed by atoms with Crippen molar-refractivity contribution in [3.63, 3.8) is 0 Å². The van der Waals surface area contributed by atoms with E-state index in [1.807, 2.05) is 106 Å². The van der Waals surface area contributed by atoms with Gasteiger partial charge in [0.2, 0.25) is 11.8 Å². The van der Waals surface area contributed by atoms with Crippen LogP contribution in [0.5, 0.6) is 11.5 Å². The lowest BCUT2D eigenvalue weighted by molar-refractivity contribution is -0.140. The summed E-state index contributed by atoms with van der Waals surface area (Å²) in [5.41, 5.74) is 2.97. The number of hydrogen-bond donors (Lipinski definition) is 1. The summed E-state index contributed by atoms with van der Waals surface area (Å²) in [5, 5.41) is 3.07. The molecular formula is C41H43N3O5S. The molecule has 2 amide bonds. The number of para-hydroxylation sites is 1. The van der Waals surface area contributed by atoms with Crippen molar-refractivity contribution in [3.05, 3.63) is 156 Å². The van der Waals surface area contributed by atoms with E-state index in [9.17, 15) is 18.0 Å². The SMILES string of the molecule is CCC(C)NC(=O)C(Cc1ccccc1)N(Cc1ccccc1C)C(=O)CN(c1ccc(Oc2ccccc2)cc1)S(=O)(=O)c1ccccc1. The van der Waals surface area contributed by atoms with E-state index < -0.39 is 28.5 Å². The summed E-state index contributed by atoms with van der Waals surface area (Å²) in [4.78, 5) is 30.3. The van der Waals surface area contributed by atoms with E-state index in [0.29, 0.717) is 17.9 Å². The van der Waals surface area contributed by atoms with Crippen molar-refractivity contribution in [1.82, 2.24) is 10.2 Å². The Labute approximate surface area is 295 Å². The smallest absolute Gasteiger partial charge is 0.264 e. The number of anilines is 1. The van der Waals surface area contributed by atoms with Crippen LogP contribution < -0.4 is 14.4 Å². The van der Waals surface area contributed by atoms with Gasteiger partial charge in [-0.3, -0.25) is 13.9 Å². The third kappa shape index (κ3) is 9.18. The first-order valence-electron chi connectivity index (χ1n) is 16.7. The lowest BCUT2D eigenvalue weighted by Crippen LogP contribution is -2.54. The second-order valence-corrected chi connectivity index (χ2v) is 14.1. The molecule has 5 aromatic carbocycles. The zero-order chi connectivity index (χ0) is 35.5. The van der Waals surface area contributed by atoms with E-state index in [-0.39, 0.29) is 35.5 Å². The predicted molar refractivity (Wildman–Crippen MR) is 197 cm³/mol. The first-order valence-corrected chi connectivity index (χ1v) is 18.2. The fraction of sp³-hybridized carbons (Fsp3) is 0.220. The minimum absolute atomic E-state index is 0.0400. The van der Waals surface area contributed by atoms with Crippen LogP contribution in [-0.4, -0.2) is 43.8 Å². The van der Waals surface area contributed by atoms with Crippen LogP contribution in [0.2, 0.25) is 0 Å². The van der Waals surface area contributed by atoms with E-state index in [4.69, 9.17) is 4.74 Å². The summed E-state index contributed by atoms with van der Waals surface area (Å²) in [5.74, 6) is 0.327. The quantitative estimate of drug-likeness (QED) is 0.123. The molecule has 0 heterocycles. The minimum Gasteiger partial charge on any atom is -0.457 e. The number of nitrogens with one attached hydrogen (secondary N) is 1. The first-order chi connectivity index (χ1) is 24.2. The highest BCUT2D eigenvalue weighted by Gasteiger charge is 2.35. The number of hydrogen-bond acceptors (Lipinski definition) is 5. The van der Waals surface area contributed by atoms with E-state index in [1.165, 1.54) is 17.0 Å². The van der Waals surface area contributed by atoms with Crippen LogP contribution in [0.25, 0.3) is 0 Å². The number of aryl methyl sites for hydroxylation is 1. The molecule has 0 bridgehead atoms. The van der Waals surface area contributed by atoms with Crippen molar-refractivity contribution < 1.29 is 22.7 Å². The van der Waals surface area contributed by atoms with Crippen molar-refractivity contribution in [2.45, 2.75) is 57.1 Å². The van der Waals surface area contributed by atoms with Crippen molar-refractivity contribution >= 4 is 27.5 Å². The summed E-state index contributed by atoms with van der Waals surface area (Å²) in [6, 6.07) is 40.0. The molecule has 0 aliphatic rings. The van der Waals surface area contributed by atoms with Gasteiger partial charge in [0.1, 0.15) is 24.1 Å². The molecule has 0 saturated carbocycles. The van der Waals surface area contributed by atoms with Crippen molar-refractivity contribution in [3.8, 4) is 11.5 Å². The lowest BCUT2D eigenvalue weighted by Gasteiger charge is -2.34. The number of carbonyl (C=O) groups excluding carboxylic acids is 2. The van der Waals surface area contributed by atoms with E-state index in [1.54, 1.807) is 42.5 Å². The molecule has 0 aliphatic heterocycles. The Kier molecular flexibility index (Phi) is 12.1. The molecule has 5 rings (SSSR count). The number of benzene rings is 5. The van der Waals surface area contributed by atoms with Crippen LogP contribution in [-0.2, 0) is 32.6 Å². The second-order valence-electron chi connectivity index (χ2n) is 12.2. The van der Waals surface area contributed by atoms with Gasteiger partial charge < -0.3 is 15.0 Å². The van der Waals surface area contributed by atoms with Gasteiger partial charge in [-0.1, -0.05) is 97.9 Å². The minimum atomic E-state index is -4.22. The van der Waals surface area contributed by atoms with E-state index in [2.05, 4.69) is 5.32 Å². The second kappa shape index (κ2) is 16.8. The van der Waals surface area contributed by atoms with Gasteiger partial charge in [0.05, 0.1) is 10.6 Å². The summed E-state index contributed by atoms with van der Waals surface area (Å²) in [6.45, 7) is 5.43. The van der Waals surface area contributed by atoms with Gasteiger partial charge in [-0.05, 0) is 85.5 Å². The Balaban J connectivity index is 1.56. The van der Waals surface area contributed by atoms with Crippen LogP contribution in [0.1, 0.15) is 37.0 Å². The number of carbonyl (C=O) groups is 2. The van der Waals surface area contributed by atoms with Gasteiger partial charge in [-0.25, -0.2) is 8.42 Å². The number of rotatable bonds is 15. The zero-order valence-corrected chi connectivity index (χ0v) is 29.4. The Morgan fingerprint density at radius 1 is 0.740 bits per heavy atom. The van der Waals surface area contributed by atoms with Gasteiger partial charge >= 0.3 is 0 Å². The molecule has 0 aliphatic carbocycles. The fourth-order valence-electron chi connectivity index (χ4n) is 5.52. The van der Waals surface area contributed by atoms with E-state index >= 15 is 0 Å². The summed E-state index contributed by atoms with van der Waals surface area (Å²) < 4.78 is 35.7. The molecule has 1 N–H and O–H groups in total. The predicted octanol–water partition coefficient (Wildman–Crippen LogP) is 7.54. The number of ether oxygens (including phenoxy) is 1. The van der Waals surface area contributed by atoms with Crippen molar-refractivity contribution in [1.29, 1.82) is 0 Å². The largest absolute Gasteiger partial charge is 0.457 e. The molecule has 50 heavy (non-hydrogen) atoms. The van der Waals surface area contributed by atoms with Crippen molar-refractivity contribution in [2.75, 3.05) is 10.8 Å². The van der Waals surface area contributed by atoms with Crippen LogP contribution >= 0.6 is 0 Å². The molecule has 2 atom stereocenters. The van der Waals surface area contributed by atoms with E-state index in [0.717, 1.165) is 21.0 Å². The summed E-state index contributed by atoms with van der Waals surface area (Å²) in [7, 11) is -4.22. The van der Waals surface area contributed by atoms with Gasteiger partial charge in [-0.15, -0.1) is 0 Å². The Morgan fingerprint density at radius 2 is 1.30 bits per heavy atom. The Hall–Kier alpha value is -5.41. The zero-order valence-electron chi connectivity index (χ0n) is 28.6. The molecular weight excluding hydrogens is 647 g/mol. The Bertz CT molecular complexity index is 1950. The molecule has 0 fully saturated rings. The van der Waals surface area contributed by atoms with Gasteiger partial charge in [0.25, 0.3) is 10.0 Å². The van der Waals surface area contributed by atoms with Gasteiger partial charge in [0.15, 0.2) is 0 Å². The van der Waals surface area contributed by atoms with Gasteiger partial charge in [-0.2, -0.15) is 0 Å². The highest BCUT2D eigenvalue weighted by atomic mass is 32.2. The number of nitrogens with zero attached hydrogens (tertiary/aromatic N) is 2. The topological polar surface area (TPSA) is 96.0 Å². The monoisotopic (exact) mass is 689 g/mol. The number of sulfonamides is 1. The maximum atomic E-state index is 14.7. The summed E-state index contributed by atoms with van der Waals surface area (Å²) >= 11 is 0. The third-order valence-electron chi connectivity index (χ3n) is 8.59. The molecule has 0 radical (unpaired) electrons. The molecule has 0 saturated heterocycles. The summed E-state index contributed by atoms with van der Waals surface area (Å²) in [6.07, 6.45) is 0.959. The molecule has 2 unspecified atom stereocenters. The molecule has 0 aromatic heterocycles. The average Bonchev–Trinajstić information content (AvgIpc) is 3.14. The van der Waals surface area contributed by atoms with Crippen LogP contribution in [0.3, 0.4) is 0 Å². The first kappa shape index (κ1) is 35.9. The van der Waals surface area contributed by atoms with Crippen LogP contribution in [0.15, 0.2) is 144 Å². The molecule has 258 valence electrons. The van der Waals surface area contributed by atoms with Crippen LogP contribution in [0, 0.1) is 6.92 Å². The number of amides is 2. The molecule has 5 aromatic rings. The highest BCUT2D eigenvalue weighted by Crippen LogP contribution is 2.29. The molecule has 9 heteroatoms. The lowest BCUT2D eigenvalue weighted by atomic mass is 10.0. The van der Waals surface area contributed by atoms with Gasteiger partial charge in [0, 0.05) is 19.0 Å². The maximum Gasteiger partial charge on any atom is 0.264 e. The van der Waals surface area contributed by atoms with Crippen molar-refractivity contribution in [2.24, 2.45) is 0 Å². The molecule has 0 spiro atoms. The normalized spacial score (nSPS) is 12.4. The average molecular weight is 690 g/mol. The maximum absolute atomic E-state index is 14.7.